The second-order valence-corrected chi connectivity index (χ2v) is 7.52. The Bertz CT molecular complexity index is 659. The summed E-state index contributed by atoms with van der Waals surface area (Å²) in [5.41, 5.74) is 3.69. The Hall–Kier alpha value is -0.260. The highest BCUT2D eigenvalue weighted by molar-refractivity contribution is 14.1. The lowest BCUT2D eigenvalue weighted by atomic mass is 10.0. The van der Waals surface area contributed by atoms with Crippen molar-refractivity contribution in [3.05, 3.63) is 61.7 Å². The van der Waals surface area contributed by atoms with Crippen molar-refractivity contribution in [2.75, 3.05) is 0 Å². The monoisotopic (exact) mass is 462 g/mol. The summed E-state index contributed by atoms with van der Waals surface area (Å²) in [6.45, 7) is 2.10. The van der Waals surface area contributed by atoms with Crippen molar-refractivity contribution in [1.29, 1.82) is 0 Å². The SMILES string of the molecule is CC1Cc2cc(C(Br)c3ccc(I)c(Cl)c3)ccc2O1. The average molecular weight is 464 g/mol. The van der Waals surface area contributed by atoms with Crippen molar-refractivity contribution in [3.63, 3.8) is 0 Å². The normalized spacial score (nSPS) is 18.5. The molecule has 0 aliphatic carbocycles. The first-order chi connectivity index (χ1) is 9.54. The maximum Gasteiger partial charge on any atom is 0.123 e. The molecule has 104 valence electrons. The molecule has 0 spiro atoms. The van der Waals surface area contributed by atoms with Gasteiger partial charge >= 0.3 is 0 Å². The van der Waals surface area contributed by atoms with Crippen LogP contribution in [0.2, 0.25) is 5.02 Å². The Balaban J connectivity index is 1.93. The minimum Gasteiger partial charge on any atom is -0.490 e. The molecule has 0 N–H and O–H groups in total. The van der Waals surface area contributed by atoms with Crippen molar-refractivity contribution in [1.82, 2.24) is 0 Å². The summed E-state index contributed by atoms with van der Waals surface area (Å²) >= 11 is 12.2. The number of halogens is 3. The standard InChI is InChI=1S/C16H13BrClIO/c1-9-6-12-7-10(3-5-15(12)20-9)16(17)11-2-4-14(19)13(18)8-11/h2-5,7-9,16H,6H2,1H3. The van der Waals surface area contributed by atoms with E-state index >= 15 is 0 Å². The Morgan fingerprint density at radius 3 is 2.70 bits per heavy atom. The van der Waals surface area contributed by atoms with Crippen LogP contribution in [-0.4, -0.2) is 6.10 Å². The van der Waals surface area contributed by atoms with Gasteiger partial charge in [-0.3, -0.25) is 0 Å². The predicted octanol–water partition coefficient (Wildman–Crippen LogP) is 5.75. The summed E-state index contributed by atoms with van der Waals surface area (Å²) in [7, 11) is 0. The second kappa shape index (κ2) is 5.85. The van der Waals surface area contributed by atoms with Crippen LogP contribution < -0.4 is 4.74 Å². The van der Waals surface area contributed by atoms with E-state index in [9.17, 15) is 0 Å². The molecule has 0 saturated carbocycles. The van der Waals surface area contributed by atoms with Crippen molar-refractivity contribution in [2.45, 2.75) is 24.3 Å². The molecule has 2 aromatic rings. The maximum atomic E-state index is 6.21. The molecule has 2 unspecified atom stereocenters. The lowest BCUT2D eigenvalue weighted by Crippen LogP contribution is -2.05. The van der Waals surface area contributed by atoms with E-state index in [0.29, 0.717) is 0 Å². The molecule has 1 aliphatic rings. The highest BCUT2D eigenvalue weighted by atomic mass is 127. The topological polar surface area (TPSA) is 9.23 Å². The number of hydrogen-bond acceptors (Lipinski definition) is 1. The molecular formula is C16H13BrClIO. The zero-order valence-corrected chi connectivity index (χ0v) is 15.4. The fourth-order valence-corrected chi connectivity index (χ4v) is 3.56. The first-order valence-corrected chi connectivity index (χ1v) is 8.80. The first-order valence-electron chi connectivity index (χ1n) is 6.43. The molecule has 0 saturated heterocycles. The summed E-state index contributed by atoms with van der Waals surface area (Å²) < 4.78 is 6.82. The molecule has 0 radical (unpaired) electrons. The first kappa shape index (κ1) is 14.7. The van der Waals surface area contributed by atoms with E-state index in [4.69, 9.17) is 16.3 Å². The summed E-state index contributed by atoms with van der Waals surface area (Å²) in [5.74, 6) is 1.02. The van der Waals surface area contributed by atoms with Crippen LogP contribution in [0.4, 0.5) is 0 Å². The molecule has 2 aromatic carbocycles. The third-order valence-corrected chi connectivity index (χ3v) is 6.08. The van der Waals surface area contributed by atoms with Crippen LogP contribution in [0.5, 0.6) is 5.75 Å². The zero-order valence-electron chi connectivity index (χ0n) is 10.9. The van der Waals surface area contributed by atoms with Gasteiger partial charge in [-0.15, -0.1) is 0 Å². The van der Waals surface area contributed by atoms with Gasteiger partial charge in [0.2, 0.25) is 0 Å². The van der Waals surface area contributed by atoms with E-state index < -0.39 is 0 Å². The van der Waals surface area contributed by atoms with Crippen LogP contribution in [0.15, 0.2) is 36.4 Å². The summed E-state index contributed by atoms with van der Waals surface area (Å²) in [6.07, 6.45) is 1.26. The van der Waals surface area contributed by atoms with E-state index in [0.717, 1.165) is 20.8 Å². The van der Waals surface area contributed by atoms with Crippen molar-refractivity contribution >= 4 is 50.1 Å². The molecule has 4 heteroatoms. The molecule has 20 heavy (non-hydrogen) atoms. The Labute approximate surface area is 145 Å². The van der Waals surface area contributed by atoms with Gasteiger partial charge in [0.25, 0.3) is 0 Å². The van der Waals surface area contributed by atoms with Crippen LogP contribution in [0.3, 0.4) is 0 Å². The van der Waals surface area contributed by atoms with Crippen LogP contribution in [0.25, 0.3) is 0 Å². The number of hydrogen-bond donors (Lipinski definition) is 0. The predicted molar refractivity (Wildman–Crippen MR) is 95.2 cm³/mol. The summed E-state index contributed by atoms with van der Waals surface area (Å²) in [5, 5.41) is 0.797. The minimum atomic E-state index is 0.151. The summed E-state index contributed by atoms with van der Waals surface area (Å²) in [6, 6.07) is 12.6. The smallest absolute Gasteiger partial charge is 0.123 e. The van der Waals surface area contributed by atoms with E-state index in [1.165, 1.54) is 16.7 Å². The number of alkyl halides is 1. The van der Waals surface area contributed by atoms with Gasteiger partial charge in [-0.25, -0.2) is 0 Å². The maximum absolute atomic E-state index is 6.21. The fourth-order valence-electron chi connectivity index (χ4n) is 2.46. The highest BCUT2D eigenvalue weighted by Gasteiger charge is 2.21. The molecule has 0 bridgehead atoms. The number of rotatable bonds is 2. The third kappa shape index (κ3) is 2.85. The van der Waals surface area contributed by atoms with Gasteiger partial charge < -0.3 is 4.74 Å². The molecule has 0 aromatic heterocycles. The van der Waals surface area contributed by atoms with Crippen molar-refractivity contribution in [2.24, 2.45) is 0 Å². The average Bonchev–Trinajstić information content (AvgIpc) is 2.80. The van der Waals surface area contributed by atoms with Gasteiger partial charge in [-0.05, 0) is 64.4 Å². The van der Waals surface area contributed by atoms with Crippen LogP contribution in [0.1, 0.15) is 28.4 Å². The van der Waals surface area contributed by atoms with Crippen molar-refractivity contribution in [3.8, 4) is 5.75 Å². The van der Waals surface area contributed by atoms with E-state index in [-0.39, 0.29) is 10.9 Å². The summed E-state index contributed by atoms with van der Waals surface area (Å²) in [4.78, 5) is 0.151. The molecule has 0 amide bonds. The van der Waals surface area contributed by atoms with E-state index in [2.05, 4.69) is 69.7 Å². The Kier molecular flexibility index (Phi) is 4.29. The van der Waals surface area contributed by atoms with Gasteiger partial charge in [0.1, 0.15) is 11.9 Å². The van der Waals surface area contributed by atoms with Crippen LogP contribution in [0, 0.1) is 3.57 Å². The zero-order chi connectivity index (χ0) is 14.3. The number of benzene rings is 2. The molecule has 2 atom stereocenters. The highest BCUT2D eigenvalue weighted by Crippen LogP contribution is 2.37. The Morgan fingerprint density at radius 1 is 1.25 bits per heavy atom. The third-order valence-electron chi connectivity index (χ3n) is 3.45. The van der Waals surface area contributed by atoms with Gasteiger partial charge in [-0.1, -0.05) is 45.7 Å². The fraction of sp³-hybridized carbons (Fsp3) is 0.250. The van der Waals surface area contributed by atoms with Crippen molar-refractivity contribution < 1.29 is 4.74 Å². The molecule has 1 aliphatic heterocycles. The van der Waals surface area contributed by atoms with E-state index in [1.54, 1.807) is 0 Å². The number of fused-ring (bicyclic) bond motifs is 1. The lowest BCUT2D eigenvalue weighted by molar-refractivity contribution is 0.254. The van der Waals surface area contributed by atoms with Gasteiger partial charge in [0, 0.05) is 9.99 Å². The Morgan fingerprint density at radius 2 is 1.95 bits per heavy atom. The largest absolute Gasteiger partial charge is 0.490 e. The quantitative estimate of drug-likeness (QED) is 0.407. The molecule has 1 nitrogen and oxygen atoms in total. The second-order valence-electron chi connectivity index (χ2n) is 5.04. The van der Waals surface area contributed by atoms with E-state index in [1.807, 2.05) is 12.1 Å². The van der Waals surface area contributed by atoms with Gasteiger partial charge in [0.15, 0.2) is 0 Å². The molecular weight excluding hydrogens is 450 g/mol. The van der Waals surface area contributed by atoms with Crippen LogP contribution >= 0.6 is 50.1 Å². The molecule has 0 fully saturated rings. The lowest BCUT2D eigenvalue weighted by Gasteiger charge is -2.13. The van der Waals surface area contributed by atoms with Gasteiger partial charge in [0.05, 0.1) is 9.85 Å². The molecule has 1 heterocycles. The van der Waals surface area contributed by atoms with Gasteiger partial charge in [-0.2, -0.15) is 0 Å². The molecule has 3 rings (SSSR count). The number of ether oxygens (including phenoxy) is 1. The van der Waals surface area contributed by atoms with Crippen LogP contribution in [-0.2, 0) is 6.42 Å². The minimum absolute atomic E-state index is 0.151.